The lowest BCUT2D eigenvalue weighted by molar-refractivity contribution is 1.16. The van der Waals surface area contributed by atoms with Crippen molar-refractivity contribution in [2.75, 3.05) is 0 Å². The third kappa shape index (κ3) is 5.18. The molecule has 4 heterocycles. The van der Waals surface area contributed by atoms with Gasteiger partial charge in [0.15, 0.2) is 5.82 Å². The number of hydrogen-bond acceptors (Lipinski definition) is 2. The highest BCUT2D eigenvalue weighted by atomic mass is 15.1. The number of hydrogen-bond donors (Lipinski definition) is 0. The predicted molar refractivity (Wildman–Crippen MR) is 244 cm³/mol. The molecule has 0 N–H and O–H groups in total. The van der Waals surface area contributed by atoms with Crippen LogP contribution in [0, 0.1) is 0 Å². The van der Waals surface area contributed by atoms with E-state index in [1.165, 1.54) is 38.1 Å². The maximum Gasteiger partial charge on any atom is 0.160 e. The minimum atomic E-state index is 0.698. The van der Waals surface area contributed by atoms with E-state index >= 15 is 0 Å². The van der Waals surface area contributed by atoms with Crippen LogP contribution in [0.5, 0.6) is 0 Å². The lowest BCUT2D eigenvalue weighted by atomic mass is 10.1. The average molecular weight is 754 g/mol. The number of nitrogens with zero attached hydrogens (tertiary/aromatic N) is 5. The van der Waals surface area contributed by atoms with Crippen LogP contribution < -0.4 is 0 Å². The van der Waals surface area contributed by atoms with E-state index in [0.29, 0.717) is 5.82 Å². The first-order valence-corrected chi connectivity index (χ1v) is 20.0. The van der Waals surface area contributed by atoms with Gasteiger partial charge in [0.1, 0.15) is 0 Å². The fourth-order valence-electron chi connectivity index (χ4n) is 9.10. The average Bonchev–Trinajstić information content (AvgIpc) is 3.95. The number of fused-ring (bicyclic) bond motifs is 9. The van der Waals surface area contributed by atoms with Crippen LogP contribution in [0.3, 0.4) is 0 Å². The Kier molecular flexibility index (Phi) is 7.47. The van der Waals surface area contributed by atoms with Crippen LogP contribution in [0.1, 0.15) is 0 Å². The first kappa shape index (κ1) is 33.2. The Hall–Kier alpha value is -8.02. The third-order valence-electron chi connectivity index (χ3n) is 11.6. The summed E-state index contributed by atoms with van der Waals surface area (Å²) in [4.78, 5) is 10.3. The molecule has 12 aromatic rings. The van der Waals surface area contributed by atoms with Gasteiger partial charge >= 0.3 is 0 Å². The van der Waals surface area contributed by atoms with Crippen LogP contribution >= 0.6 is 0 Å². The van der Waals surface area contributed by atoms with E-state index < -0.39 is 0 Å². The largest absolute Gasteiger partial charge is 0.308 e. The molecule has 0 spiro atoms. The first-order valence-electron chi connectivity index (χ1n) is 20.0. The van der Waals surface area contributed by atoms with Gasteiger partial charge in [-0.2, -0.15) is 0 Å². The second-order valence-corrected chi connectivity index (χ2v) is 15.0. The molecule has 5 heteroatoms. The van der Waals surface area contributed by atoms with Crippen LogP contribution in [0.15, 0.2) is 212 Å². The molecule has 0 aliphatic rings. The topological polar surface area (TPSA) is 40.6 Å². The molecule has 0 amide bonds. The SMILES string of the molecule is c1ccc(-c2cc(-c3cccc(-n4c5ccccc5c5ccc6c(c54)c4c(c5ccccc5n4-c4ccccc4)n6-c4ccccc4)c3)nc(-c3ccccc3)n2)cc1. The quantitative estimate of drug-likeness (QED) is 0.170. The zero-order valence-corrected chi connectivity index (χ0v) is 31.9. The van der Waals surface area contributed by atoms with Crippen molar-refractivity contribution in [1.29, 1.82) is 0 Å². The van der Waals surface area contributed by atoms with Crippen LogP contribution in [0.2, 0.25) is 0 Å². The second-order valence-electron chi connectivity index (χ2n) is 15.0. The van der Waals surface area contributed by atoms with Crippen molar-refractivity contribution in [1.82, 2.24) is 23.7 Å². The zero-order valence-electron chi connectivity index (χ0n) is 31.9. The van der Waals surface area contributed by atoms with Crippen molar-refractivity contribution < 1.29 is 0 Å². The molecule has 0 fully saturated rings. The summed E-state index contributed by atoms with van der Waals surface area (Å²) in [6.45, 7) is 0. The normalized spacial score (nSPS) is 11.7. The summed E-state index contributed by atoms with van der Waals surface area (Å²) < 4.78 is 7.39. The van der Waals surface area contributed by atoms with Crippen molar-refractivity contribution in [3.8, 4) is 51.0 Å². The van der Waals surface area contributed by atoms with E-state index in [1.54, 1.807) is 0 Å². The Morgan fingerprint density at radius 1 is 0.288 bits per heavy atom. The molecule has 0 atom stereocenters. The second kappa shape index (κ2) is 13.3. The first-order chi connectivity index (χ1) is 29.3. The van der Waals surface area contributed by atoms with E-state index in [4.69, 9.17) is 9.97 Å². The molecule has 12 rings (SSSR count). The molecule has 0 aliphatic heterocycles. The van der Waals surface area contributed by atoms with Crippen LogP contribution in [-0.2, 0) is 0 Å². The van der Waals surface area contributed by atoms with E-state index in [0.717, 1.165) is 61.7 Å². The summed E-state index contributed by atoms with van der Waals surface area (Å²) in [6, 6.07) is 75.4. The molecule has 4 aromatic heterocycles. The molecule has 5 nitrogen and oxygen atoms in total. The molecule has 0 saturated carbocycles. The summed E-state index contributed by atoms with van der Waals surface area (Å²) in [5, 5.41) is 4.81. The number of rotatable bonds is 6. The van der Waals surface area contributed by atoms with Gasteiger partial charge in [-0.05, 0) is 60.7 Å². The Bertz CT molecular complexity index is 3430. The summed E-state index contributed by atoms with van der Waals surface area (Å²) in [7, 11) is 0. The number of para-hydroxylation sites is 4. The van der Waals surface area contributed by atoms with Crippen LogP contribution in [0.25, 0.3) is 106 Å². The van der Waals surface area contributed by atoms with Gasteiger partial charge in [-0.3, -0.25) is 0 Å². The smallest absolute Gasteiger partial charge is 0.160 e. The Labute approximate surface area is 340 Å². The van der Waals surface area contributed by atoms with Gasteiger partial charge in [0, 0.05) is 55.3 Å². The lowest BCUT2D eigenvalue weighted by Crippen LogP contribution is -1.98. The highest BCUT2D eigenvalue weighted by molar-refractivity contribution is 6.29. The summed E-state index contributed by atoms with van der Waals surface area (Å²) in [6.07, 6.45) is 0. The van der Waals surface area contributed by atoms with Crippen molar-refractivity contribution in [3.05, 3.63) is 212 Å². The highest BCUT2D eigenvalue weighted by Gasteiger charge is 2.26. The molecule has 276 valence electrons. The van der Waals surface area contributed by atoms with Gasteiger partial charge in [-0.15, -0.1) is 0 Å². The van der Waals surface area contributed by atoms with Crippen LogP contribution in [-0.4, -0.2) is 23.7 Å². The minimum absolute atomic E-state index is 0.698. The predicted octanol–water partition coefficient (Wildman–Crippen LogP) is 13.6. The van der Waals surface area contributed by atoms with Gasteiger partial charge in [0.25, 0.3) is 0 Å². The van der Waals surface area contributed by atoms with E-state index in [-0.39, 0.29) is 0 Å². The van der Waals surface area contributed by atoms with Crippen molar-refractivity contribution in [2.45, 2.75) is 0 Å². The minimum Gasteiger partial charge on any atom is -0.308 e. The monoisotopic (exact) mass is 753 g/mol. The van der Waals surface area contributed by atoms with Crippen molar-refractivity contribution in [3.63, 3.8) is 0 Å². The molecular weight excluding hydrogens is 719 g/mol. The highest BCUT2D eigenvalue weighted by Crippen LogP contribution is 2.46. The fourth-order valence-corrected chi connectivity index (χ4v) is 9.10. The molecule has 0 aliphatic carbocycles. The standard InChI is InChI=1S/C54H35N5/c1-5-18-36(19-6-1)45-35-46(56-54(55-45)37-20-7-2-8-21-37)38-22-17-27-41(34-38)59-47-30-15-13-28-42(47)43-32-33-49-50(51(43)59)53-52(58(49)40-25-11-4-12-26-40)44-29-14-16-31-48(44)57(53)39-23-9-3-10-24-39/h1-35H. The Morgan fingerprint density at radius 2 is 0.780 bits per heavy atom. The molecule has 0 unspecified atom stereocenters. The van der Waals surface area contributed by atoms with Gasteiger partial charge in [0.05, 0.1) is 44.5 Å². The molecule has 0 bridgehead atoms. The molecule has 0 saturated heterocycles. The molecule has 8 aromatic carbocycles. The molecular formula is C54H35N5. The summed E-state index contributed by atoms with van der Waals surface area (Å²) in [5.41, 5.74) is 15.1. The van der Waals surface area contributed by atoms with Crippen LogP contribution in [0.4, 0.5) is 0 Å². The summed E-state index contributed by atoms with van der Waals surface area (Å²) in [5.74, 6) is 0.698. The Balaban J connectivity index is 1.20. The number of aromatic nitrogens is 5. The van der Waals surface area contributed by atoms with E-state index in [9.17, 15) is 0 Å². The zero-order chi connectivity index (χ0) is 38.9. The van der Waals surface area contributed by atoms with Gasteiger partial charge in [-0.1, -0.05) is 152 Å². The van der Waals surface area contributed by atoms with Gasteiger partial charge in [0.2, 0.25) is 0 Å². The maximum atomic E-state index is 5.22. The van der Waals surface area contributed by atoms with E-state index in [2.05, 4.69) is 202 Å². The van der Waals surface area contributed by atoms with Crippen molar-refractivity contribution >= 4 is 54.6 Å². The van der Waals surface area contributed by atoms with Gasteiger partial charge in [-0.25, -0.2) is 9.97 Å². The summed E-state index contributed by atoms with van der Waals surface area (Å²) >= 11 is 0. The molecule has 59 heavy (non-hydrogen) atoms. The van der Waals surface area contributed by atoms with Crippen molar-refractivity contribution in [2.24, 2.45) is 0 Å². The Morgan fingerprint density at radius 3 is 1.46 bits per heavy atom. The van der Waals surface area contributed by atoms with E-state index in [1.807, 2.05) is 24.3 Å². The molecule has 0 radical (unpaired) electrons. The third-order valence-corrected chi connectivity index (χ3v) is 11.6. The number of benzene rings is 8. The lowest BCUT2D eigenvalue weighted by Gasteiger charge is -2.14. The fraction of sp³-hybridized carbons (Fsp3) is 0. The van der Waals surface area contributed by atoms with Gasteiger partial charge < -0.3 is 13.7 Å². The maximum absolute atomic E-state index is 5.22.